The molecule has 0 fully saturated rings. The second kappa shape index (κ2) is 8.21. The van der Waals surface area contributed by atoms with Gasteiger partial charge in [0.25, 0.3) is 5.91 Å². The fourth-order valence-electron chi connectivity index (χ4n) is 2.70. The normalized spacial score (nSPS) is 10.8. The predicted octanol–water partition coefficient (Wildman–Crippen LogP) is 4.17. The van der Waals surface area contributed by atoms with Crippen LogP contribution in [0.1, 0.15) is 22.3 Å². The van der Waals surface area contributed by atoms with E-state index in [-0.39, 0.29) is 5.57 Å². The highest BCUT2D eigenvalue weighted by Crippen LogP contribution is 2.31. The van der Waals surface area contributed by atoms with Crippen LogP contribution >= 0.6 is 0 Å². The van der Waals surface area contributed by atoms with Crippen molar-refractivity contribution >= 4 is 17.7 Å². The number of nitriles is 1. The number of nitrogens with one attached hydrogen (secondary N) is 1. The van der Waals surface area contributed by atoms with Crippen molar-refractivity contribution in [2.45, 2.75) is 20.8 Å². The van der Waals surface area contributed by atoms with Gasteiger partial charge in [0.1, 0.15) is 11.6 Å². The fourth-order valence-corrected chi connectivity index (χ4v) is 2.70. The SMILES string of the molecule is COc1cc(C)c(/C=C(/C#N)C(=O)Nc2cc(C)cc(C)c2)cc1OC. The fraction of sp³-hybridized carbons (Fsp3) is 0.238. The minimum atomic E-state index is -0.452. The molecule has 0 unspecified atom stereocenters. The van der Waals surface area contributed by atoms with Crippen molar-refractivity contribution in [1.82, 2.24) is 0 Å². The van der Waals surface area contributed by atoms with Crippen LogP contribution in [0.3, 0.4) is 0 Å². The maximum absolute atomic E-state index is 12.5. The summed E-state index contributed by atoms with van der Waals surface area (Å²) >= 11 is 0. The van der Waals surface area contributed by atoms with Crippen LogP contribution in [0.5, 0.6) is 11.5 Å². The Morgan fingerprint density at radius 1 is 1.00 bits per heavy atom. The summed E-state index contributed by atoms with van der Waals surface area (Å²) in [5.74, 6) is 0.684. The zero-order valence-electron chi connectivity index (χ0n) is 15.6. The van der Waals surface area contributed by atoms with Gasteiger partial charge in [0.2, 0.25) is 0 Å². The number of carbonyl (C=O) groups excluding carboxylic acids is 1. The Balaban J connectivity index is 2.35. The van der Waals surface area contributed by atoms with Gasteiger partial charge in [-0.2, -0.15) is 5.26 Å². The Labute approximate surface area is 153 Å². The zero-order chi connectivity index (χ0) is 19.3. The first-order valence-electron chi connectivity index (χ1n) is 8.12. The molecule has 5 nitrogen and oxygen atoms in total. The van der Waals surface area contributed by atoms with E-state index in [1.165, 1.54) is 0 Å². The van der Waals surface area contributed by atoms with Crippen molar-refractivity contribution in [3.05, 3.63) is 58.2 Å². The first kappa shape index (κ1) is 19.1. The lowest BCUT2D eigenvalue weighted by Gasteiger charge is -2.11. The number of nitrogens with zero attached hydrogens (tertiary/aromatic N) is 1. The topological polar surface area (TPSA) is 71.3 Å². The van der Waals surface area contributed by atoms with E-state index in [9.17, 15) is 10.1 Å². The van der Waals surface area contributed by atoms with Crippen LogP contribution in [0.15, 0.2) is 35.9 Å². The van der Waals surface area contributed by atoms with Gasteiger partial charge >= 0.3 is 0 Å². The standard InChI is InChI=1S/C21H22N2O3/c1-13-6-14(2)8-18(7-13)23-21(24)17(12-22)10-16-11-20(26-5)19(25-4)9-15(16)3/h6-11H,1-5H3,(H,23,24)/b17-10-. The summed E-state index contributed by atoms with van der Waals surface area (Å²) < 4.78 is 10.6. The van der Waals surface area contributed by atoms with Crippen molar-refractivity contribution in [3.8, 4) is 17.6 Å². The Bertz CT molecular complexity index is 888. The van der Waals surface area contributed by atoms with E-state index in [2.05, 4.69) is 5.32 Å². The van der Waals surface area contributed by atoms with Gasteiger partial charge in [0, 0.05) is 5.69 Å². The largest absolute Gasteiger partial charge is 0.493 e. The highest BCUT2D eigenvalue weighted by Gasteiger charge is 2.13. The number of methoxy groups -OCH3 is 2. The summed E-state index contributed by atoms with van der Waals surface area (Å²) in [7, 11) is 3.10. The Morgan fingerprint density at radius 3 is 2.12 bits per heavy atom. The third kappa shape index (κ3) is 4.42. The van der Waals surface area contributed by atoms with E-state index in [4.69, 9.17) is 9.47 Å². The first-order valence-corrected chi connectivity index (χ1v) is 8.12. The maximum Gasteiger partial charge on any atom is 0.266 e. The van der Waals surface area contributed by atoms with E-state index < -0.39 is 5.91 Å². The molecule has 2 rings (SSSR count). The van der Waals surface area contributed by atoms with Crippen LogP contribution in [0.4, 0.5) is 5.69 Å². The molecule has 0 aromatic heterocycles. The molecule has 0 aliphatic rings. The van der Waals surface area contributed by atoms with Crippen LogP contribution in [0, 0.1) is 32.1 Å². The quantitative estimate of drug-likeness (QED) is 0.649. The molecule has 0 radical (unpaired) electrons. The summed E-state index contributed by atoms with van der Waals surface area (Å²) in [6.45, 7) is 5.79. The van der Waals surface area contributed by atoms with Gasteiger partial charge in [0.05, 0.1) is 14.2 Å². The van der Waals surface area contributed by atoms with Crippen molar-refractivity contribution in [3.63, 3.8) is 0 Å². The highest BCUT2D eigenvalue weighted by atomic mass is 16.5. The van der Waals surface area contributed by atoms with Crippen molar-refractivity contribution in [2.24, 2.45) is 0 Å². The number of anilines is 1. The molecule has 0 saturated heterocycles. The molecular weight excluding hydrogens is 328 g/mol. The highest BCUT2D eigenvalue weighted by molar-refractivity contribution is 6.09. The number of carbonyl (C=O) groups is 1. The Kier molecular flexibility index (Phi) is 6.03. The summed E-state index contributed by atoms with van der Waals surface area (Å²) in [5, 5.41) is 12.2. The molecule has 0 aliphatic carbocycles. The number of hydrogen-bond acceptors (Lipinski definition) is 4. The average Bonchev–Trinajstić information content (AvgIpc) is 2.59. The van der Waals surface area contributed by atoms with Crippen LogP contribution in [0.2, 0.25) is 0 Å². The second-order valence-electron chi connectivity index (χ2n) is 6.06. The molecule has 0 aliphatic heterocycles. The molecular formula is C21H22N2O3. The van der Waals surface area contributed by atoms with Gasteiger partial charge < -0.3 is 14.8 Å². The van der Waals surface area contributed by atoms with Crippen LogP contribution in [-0.2, 0) is 4.79 Å². The van der Waals surface area contributed by atoms with E-state index >= 15 is 0 Å². The minimum Gasteiger partial charge on any atom is -0.493 e. The van der Waals surface area contributed by atoms with Gasteiger partial charge in [-0.1, -0.05) is 6.07 Å². The van der Waals surface area contributed by atoms with Crippen LogP contribution in [0.25, 0.3) is 6.08 Å². The van der Waals surface area contributed by atoms with Crippen molar-refractivity contribution in [2.75, 3.05) is 19.5 Å². The predicted molar refractivity (Wildman–Crippen MR) is 102 cm³/mol. The molecule has 134 valence electrons. The lowest BCUT2D eigenvalue weighted by atomic mass is 10.0. The van der Waals surface area contributed by atoms with Gasteiger partial charge in [-0.25, -0.2) is 0 Å². The third-order valence-corrected chi connectivity index (χ3v) is 3.92. The lowest BCUT2D eigenvalue weighted by molar-refractivity contribution is -0.112. The van der Waals surface area contributed by atoms with Gasteiger partial charge in [0.15, 0.2) is 11.5 Å². The smallest absolute Gasteiger partial charge is 0.266 e. The summed E-state index contributed by atoms with van der Waals surface area (Å²) in [4.78, 5) is 12.5. The Morgan fingerprint density at radius 2 is 1.58 bits per heavy atom. The number of benzene rings is 2. The van der Waals surface area contributed by atoms with Crippen molar-refractivity contribution in [1.29, 1.82) is 5.26 Å². The molecule has 0 heterocycles. The van der Waals surface area contributed by atoms with E-state index in [0.29, 0.717) is 17.2 Å². The zero-order valence-corrected chi connectivity index (χ0v) is 15.6. The summed E-state index contributed by atoms with van der Waals surface area (Å²) in [6.07, 6.45) is 1.55. The molecule has 1 amide bonds. The van der Waals surface area contributed by atoms with E-state index in [0.717, 1.165) is 22.3 Å². The lowest BCUT2D eigenvalue weighted by Crippen LogP contribution is -2.13. The number of amides is 1. The molecule has 26 heavy (non-hydrogen) atoms. The first-order chi connectivity index (χ1) is 12.4. The molecule has 2 aromatic carbocycles. The van der Waals surface area contributed by atoms with Gasteiger partial charge in [-0.15, -0.1) is 0 Å². The molecule has 0 bridgehead atoms. The number of rotatable bonds is 5. The summed E-state index contributed by atoms with van der Waals surface area (Å²) in [5.41, 5.74) is 4.35. The summed E-state index contributed by atoms with van der Waals surface area (Å²) in [6, 6.07) is 11.3. The number of hydrogen-bond donors (Lipinski definition) is 1. The van der Waals surface area contributed by atoms with Gasteiger partial charge in [-0.05, 0) is 73.4 Å². The molecule has 0 saturated carbocycles. The number of ether oxygens (including phenoxy) is 2. The number of aryl methyl sites for hydroxylation is 3. The average molecular weight is 350 g/mol. The molecule has 0 spiro atoms. The van der Waals surface area contributed by atoms with E-state index in [1.54, 1.807) is 26.4 Å². The van der Waals surface area contributed by atoms with Gasteiger partial charge in [-0.3, -0.25) is 4.79 Å². The Hall–Kier alpha value is -3.26. The monoisotopic (exact) mass is 350 g/mol. The minimum absolute atomic E-state index is 0.0134. The molecule has 2 aromatic rings. The molecule has 1 N–H and O–H groups in total. The molecule has 5 heteroatoms. The third-order valence-electron chi connectivity index (χ3n) is 3.92. The maximum atomic E-state index is 12.5. The van der Waals surface area contributed by atoms with E-state index in [1.807, 2.05) is 51.1 Å². The molecule has 0 atom stereocenters. The van der Waals surface area contributed by atoms with Crippen LogP contribution in [-0.4, -0.2) is 20.1 Å². The van der Waals surface area contributed by atoms with Crippen molar-refractivity contribution < 1.29 is 14.3 Å². The van der Waals surface area contributed by atoms with Crippen LogP contribution < -0.4 is 14.8 Å². The second-order valence-corrected chi connectivity index (χ2v) is 6.06.